The minimum absolute atomic E-state index is 0.262. The number of amides is 2. The van der Waals surface area contributed by atoms with E-state index in [-0.39, 0.29) is 12.5 Å². The van der Waals surface area contributed by atoms with Crippen LogP contribution in [0.1, 0.15) is 32.3 Å². The molecule has 2 aromatic rings. The van der Waals surface area contributed by atoms with E-state index in [0.717, 1.165) is 29.0 Å². The van der Waals surface area contributed by atoms with E-state index in [4.69, 9.17) is 11.6 Å². The number of carbonyl (C=O) groups excluding carboxylic acids is 2. The van der Waals surface area contributed by atoms with E-state index in [1.165, 1.54) is 4.90 Å². The maximum Gasteiger partial charge on any atom is 0.244 e. The summed E-state index contributed by atoms with van der Waals surface area (Å²) < 4.78 is 26.0. The molecule has 180 valence electrons. The van der Waals surface area contributed by atoms with Crippen LogP contribution in [-0.4, -0.2) is 57.1 Å². The average Bonchev–Trinajstić information content (AvgIpc) is 2.78. The highest BCUT2D eigenvalue weighted by molar-refractivity contribution is 7.92. The Hall–Kier alpha value is -2.58. The van der Waals surface area contributed by atoms with Crippen molar-refractivity contribution in [2.24, 2.45) is 0 Å². The molecule has 2 amide bonds. The normalized spacial score (nSPS) is 12.1. The van der Waals surface area contributed by atoms with Crippen molar-refractivity contribution in [2.45, 2.75) is 39.2 Å². The number of nitrogens with zero attached hydrogens (tertiary/aromatic N) is 2. The summed E-state index contributed by atoms with van der Waals surface area (Å²) in [4.78, 5) is 27.5. The number of benzene rings is 2. The van der Waals surface area contributed by atoms with Crippen LogP contribution in [0.15, 0.2) is 54.6 Å². The molecule has 0 spiro atoms. The Morgan fingerprint density at radius 3 is 2.27 bits per heavy atom. The molecule has 2 rings (SSSR count). The SMILES string of the molecule is CCCCNC(=O)C(C)N(CCc1ccccc1)C(=O)CN(c1ccc(Cl)cc1)S(C)(=O)=O. The smallest absolute Gasteiger partial charge is 0.244 e. The van der Waals surface area contributed by atoms with Crippen LogP contribution in [0.5, 0.6) is 0 Å². The number of halogens is 1. The van der Waals surface area contributed by atoms with Crippen molar-refractivity contribution >= 4 is 39.1 Å². The summed E-state index contributed by atoms with van der Waals surface area (Å²) in [6.07, 6.45) is 3.37. The first kappa shape index (κ1) is 26.7. The largest absolute Gasteiger partial charge is 0.354 e. The third kappa shape index (κ3) is 8.37. The second-order valence-corrected chi connectivity index (χ2v) is 10.2. The Morgan fingerprint density at radius 1 is 1.06 bits per heavy atom. The number of nitrogens with one attached hydrogen (secondary N) is 1. The second-order valence-electron chi connectivity index (χ2n) is 7.89. The minimum Gasteiger partial charge on any atom is -0.354 e. The first-order valence-corrected chi connectivity index (χ1v) is 13.2. The van der Waals surface area contributed by atoms with E-state index < -0.39 is 28.5 Å². The van der Waals surface area contributed by atoms with Gasteiger partial charge in [-0.1, -0.05) is 55.3 Å². The van der Waals surface area contributed by atoms with E-state index in [2.05, 4.69) is 5.32 Å². The van der Waals surface area contributed by atoms with Gasteiger partial charge >= 0.3 is 0 Å². The van der Waals surface area contributed by atoms with Crippen LogP contribution >= 0.6 is 11.6 Å². The van der Waals surface area contributed by atoms with Gasteiger partial charge in [0.05, 0.1) is 11.9 Å². The van der Waals surface area contributed by atoms with E-state index in [9.17, 15) is 18.0 Å². The summed E-state index contributed by atoms with van der Waals surface area (Å²) in [5, 5.41) is 3.32. The third-order valence-corrected chi connectivity index (χ3v) is 6.67. The molecule has 2 aromatic carbocycles. The zero-order valence-electron chi connectivity index (χ0n) is 19.3. The molecule has 0 radical (unpaired) electrons. The molecule has 33 heavy (non-hydrogen) atoms. The second kappa shape index (κ2) is 12.6. The molecule has 0 heterocycles. The third-order valence-electron chi connectivity index (χ3n) is 5.27. The van der Waals surface area contributed by atoms with Crippen LogP contribution in [0.3, 0.4) is 0 Å². The highest BCUT2D eigenvalue weighted by Crippen LogP contribution is 2.21. The van der Waals surface area contributed by atoms with Gasteiger partial charge in [-0.25, -0.2) is 8.42 Å². The van der Waals surface area contributed by atoms with Gasteiger partial charge in [-0.05, 0) is 49.6 Å². The number of carbonyl (C=O) groups is 2. The number of unbranched alkanes of at least 4 members (excludes halogenated alkanes) is 1. The lowest BCUT2D eigenvalue weighted by atomic mass is 10.1. The molecule has 1 N–H and O–H groups in total. The Bertz CT molecular complexity index is 1010. The van der Waals surface area contributed by atoms with E-state index in [0.29, 0.717) is 23.7 Å². The zero-order chi connectivity index (χ0) is 24.4. The maximum atomic E-state index is 13.4. The van der Waals surface area contributed by atoms with Crippen LogP contribution in [-0.2, 0) is 26.0 Å². The topological polar surface area (TPSA) is 86.8 Å². The molecule has 1 unspecified atom stereocenters. The lowest BCUT2D eigenvalue weighted by molar-refractivity contribution is -0.138. The standard InChI is InChI=1S/C24H32ClN3O4S/c1-4-5-16-26-24(30)19(2)27(17-15-20-9-7-6-8-10-20)23(29)18-28(33(3,31)32)22-13-11-21(25)12-14-22/h6-14,19H,4-5,15-18H2,1-3H3,(H,26,30). The van der Waals surface area contributed by atoms with Gasteiger partial charge in [-0.15, -0.1) is 0 Å². The fourth-order valence-corrected chi connectivity index (χ4v) is 4.30. The van der Waals surface area contributed by atoms with Gasteiger partial charge in [0.2, 0.25) is 21.8 Å². The minimum atomic E-state index is -3.75. The number of hydrogen-bond acceptors (Lipinski definition) is 4. The Morgan fingerprint density at radius 2 is 1.70 bits per heavy atom. The molecule has 0 aliphatic carbocycles. The fraction of sp³-hybridized carbons (Fsp3) is 0.417. The lowest BCUT2D eigenvalue weighted by Crippen LogP contribution is -2.52. The predicted molar refractivity (Wildman–Crippen MR) is 133 cm³/mol. The Kier molecular flexibility index (Phi) is 10.2. The predicted octanol–water partition coefficient (Wildman–Crippen LogP) is 3.48. The number of rotatable bonds is 12. The van der Waals surface area contributed by atoms with Crippen molar-refractivity contribution in [3.63, 3.8) is 0 Å². The van der Waals surface area contributed by atoms with Gasteiger partial charge in [-0.2, -0.15) is 0 Å². The van der Waals surface area contributed by atoms with Crippen molar-refractivity contribution in [1.82, 2.24) is 10.2 Å². The Balaban J connectivity index is 2.25. The molecule has 1 atom stereocenters. The fourth-order valence-electron chi connectivity index (χ4n) is 3.33. The van der Waals surface area contributed by atoms with E-state index in [1.54, 1.807) is 31.2 Å². The monoisotopic (exact) mass is 493 g/mol. The van der Waals surface area contributed by atoms with Crippen molar-refractivity contribution in [2.75, 3.05) is 30.2 Å². The van der Waals surface area contributed by atoms with Crippen molar-refractivity contribution in [1.29, 1.82) is 0 Å². The molecule has 0 aromatic heterocycles. The summed E-state index contributed by atoms with van der Waals surface area (Å²) in [5.41, 5.74) is 1.35. The quantitative estimate of drug-likeness (QED) is 0.458. The van der Waals surface area contributed by atoms with Gasteiger partial charge in [-0.3, -0.25) is 13.9 Å². The highest BCUT2D eigenvalue weighted by atomic mass is 35.5. The van der Waals surface area contributed by atoms with Gasteiger partial charge < -0.3 is 10.2 Å². The Labute approximate surface area is 201 Å². The van der Waals surface area contributed by atoms with Gasteiger partial charge in [0.1, 0.15) is 12.6 Å². The summed E-state index contributed by atoms with van der Waals surface area (Å²) in [6, 6.07) is 15.1. The van der Waals surface area contributed by atoms with Gasteiger partial charge in [0.25, 0.3) is 0 Å². The van der Waals surface area contributed by atoms with Crippen LogP contribution in [0.2, 0.25) is 5.02 Å². The highest BCUT2D eigenvalue weighted by Gasteiger charge is 2.29. The van der Waals surface area contributed by atoms with E-state index in [1.807, 2.05) is 37.3 Å². The molecule has 0 fully saturated rings. The number of anilines is 1. The average molecular weight is 494 g/mol. The molecule has 0 aliphatic heterocycles. The molecule has 9 heteroatoms. The summed E-state index contributed by atoms with van der Waals surface area (Å²) in [7, 11) is -3.75. The molecular formula is C24H32ClN3O4S. The van der Waals surface area contributed by atoms with Crippen LogP contribution in [0.25, 0.3) is 0 Å². The summed E-state index contributed by atoms with van der Waals surface area (Å²) in [5.74, 6) is -0.716. The molecule has 0 bridgehead atoms. The molecule has 7 nitrogen and oxygen atoms in total. The number of sulfonamides is 1. The van der Waals surface area contributed by atoms with Crippen molar-refractivity contribution in [3.05, 3.63) is 65.2 Å². The van der Waals surface area contributed by atoms with Crippen LogP contribution in [0.4, 0.5) is 5.69 Å². The zero-order valence-corrected chi connectivity index (χ0v) is 20.9. The molecular weight excluding hydrogens is 462 g/mol. The first-order valence-electron chi connectivity index (χ1n) is 11.0. The van der Waals surface area contributed by atoms with Crippen molar-refractivity contribution in [3.8, 4) is 0 Å². The van der Waals surface area contributed by atoms with Crippen molar-refractivity contribution < 1.29 is 18.0 Å². The van der Waals surface area contributed by atoms with Gasteiger partial charge in [0, 0.05) is 18.1 Å². The van der Waals surface area contributed by atoms with E-state index >= 15 is 0 Å². The molecule has 0 aliphatic rings. The van der Waals surface area contributed by atoms with Gasteiger partial charge in [0.15, 0.2) is 0 Å². The lowest BCUT2D eigenvalue weighted by Gasteiger charge is -2.31. The van der Waals surface area contributed by atoms with Crippen LogP contribution < -0.4 is 9.62 Å². The van der Waals surface area contributed by atoms with Crippen LogP contribution in [0, 0.1) is 0 Å². The number of hydrogen-bond donors (Lipinski definition) is 1. The molecule has 0 saturated heterocycles. The maximum absolute atomic E-state index is 13.4. The summed E-state index contributed by atoms with van der Waals surface area (Å²) in [6.45, 7) is 4.09. The summed E-state index contributed by atoms with van der Waals surface area (Å²) >= 11 is 5.93. The molecule has 0 saturated carbocycles. The first-order chi connectivity index (χ1) is 15.6.